The molecule has 0 bridgehead atoms. The van der Waals surface area contributed by atoms with E-state index in [2.05, 4.69) is 32.8 Å². The summed E-state index contributed by atoms with van der Waals surface area (Å²) in [5.41, 5.74) is 3.45. The zero-order valence-electron chi connectivity index (χ0n) is 21.7. The van der Waals surface area contributed by atoms with Crippen LogP contribution >= 0.6 is 0 Å². The van der Waals surface area contributed by atoms with E-state index in [-0.39, 0.29) is 36.2 Å². The molecule has 1 saturated heterocycles. The minimum Gasteiger partial charge on any atom is -0.465 e. The lowest BCUT2D eigenvalue weighted by atomic mass is 10.0. The minimum absolute atomic E-state index is 0.0799. The molecule has 1 fully saturated rings. The van der Waals surface area contributed by atoms with E-state index in [0.29, 0.717) is 43.6 Å². The van der Waals surface area contributed by atoms with Crippen LogP contribution in [0.2, 0.25) is 0 Å². The summed E-state index contributed by atoms with van der Waals surface area (Å²) in [7, 11) is 3.71. The molecule has 3 aliphatic rings. The maximum atomic E-state index is 12.4. The molecule has 2 unspecified atom stereocenters. The van der Waals surface area contributed by atoms with E-state index in [4.69, 9.17) is 14.5 Å². The molecule has 2 aromatic rings. The molecule has 0 aromatic carbocycles. The number of carbonyl (C=O) groups is 3. The number of fused-ring (bicyclic) bond motifs is 2. The number of aryl methyl sites for hydroxylation is 1. The number of nitrogens with one attached hydrogen (secondary N) is 3. The monoisotopic (exact) mass is 524 g/mol. The Hall–Kier alpha value is -3.84. The van der Waals surface area contributed by atoms with Crippen LogP contribution in [0.5, 0.6) is 5.88 Å². The van der Waals surface area contributed by atoms with Crippen molar-refractivity contribution < 1.29 is 23.9 Å². The second-order valence-electron chi connectivity index (χ2n) is 10.1. The molecule has 0 radical (unpaired) electrons. The van der Waals surface area contributed by atoms with Crippen molar-refractivity contribution in [2.75, 3.05) is 62.4 Å². The molecule has 3 N–H and O–H groups in total. The van der Waals surface area contributed by atoms with Crippen molar-refractivity contribution in [1.29, 1.82) is 0 Å². The molecule has 2 aromatic heterocycles. The normalized spacial score (nSPS) is 20.1. The molecule has 13 heteroatoms. The minimum atomic E-state index is -0.492. The molecule has 13 nitrogen and oxygen atoms in total. The summed E-state index contributed by atoms with van der Waals surface area (Å²) in [6, 6.07) is 1.94. The Bertz CT molecular complexity index is 1250. The fraction of sp³-hybridized carbons (Fsp3) is 0.520. The molecule has 2 aliphatic heterocycles. The number of hydrogen-bond acceptors (Lipinski definition) is 10. The van der Waals surface area contributed by atoms with Crippen LogP contribution in [-0.2, 0) is 27.2 Å². The van der Waals surface area contributed by atoms with Crippen molar-refractivity contribution >= 4 is 35.4 Å². The highest BCUT2D eigenvalue weighted by molar-refractivity contribution is 5.94. The van der Waals surface area contributed by atoms with Gasteiger partial charge in [-0.05, 0) is 76.5 Å². The lowest BCUT2D eigenvalue weighted by Gasteiger charge is -2.18. The van der Waals surface area contributed by atoms with Crippen LogP contribution < -0.4 is 25.6 Å². The fourth-order valence-electron chi connectivity index (χ4n) is 4.94. The van der Waals surface area contributed by atoms with Crippen LogP contribution in [-0.4, -0.2) is 90.7 Å². The average Bonchev–Trinajstić information content (AvgIpc) is 3.44. The van der Waals surface area contributed by atoms with Gasteiger partial charge in [0, 0.05) is 5.69 Å². The van der Waals surface area contributed by atoms with Crippen LogP contribution in [0.3, 0.4) is 0 Å². The molecule has 5 rings (SSSR count). The molecule has 4 heterocycles. The number of anilines is 3. The Balaban J connectivity index is 1.08. The van der Waals surface area contributed by atoms with E-state index in [1.807, 2.05) is 25.1 Å². The van der Waals surface area contributed by atoms with E-state index >= 15 is 0 Å². The third-order valence-electron chi connectivity index (χ3n) is 6.69. The van der Waals surface area contributed by atoms with Gasteiger partial charge in [-0.15, -0.1) is 0 Å². The number of aromatic nitrogens is 3. The second-order valence-corrected chi connectivity index (χ2v) is 10.1. The number of amides is 3. The van der Waals surface area contributed by atoms with Crippen molar-refractivity contribution in [3.05, 3.63) is 29.1 Å². The number of cyclic esters (lactones) is 1. The number of likely N-dealkylation sites (N-methyl/N-ethyl adjacent to an activating group) is 1. The number of hydrogen-bond donors (Lipinski definition) is 3. The smallest absolute Gasteiger partial charge is 0.415 e. The van der Waals surface area contributed by atoms with Gasteiger partial charge in [0.2, 0.25) is 5.91 Å². The van der Waals surface area contributed by atoms with E-state index in [0.717, 1.165) is 30.6 Å². The van der Waals surface area contributed by atoms with E-state index in [1.165, 1.54) is 16.7 Å². The number of pyridine rings is 1. The molecular weight excluding hydrogens is 492 g/mol. The summed E-state index contributed by atoms with van der Waals surface area (Å²) >= 11 is 0. The molecule has 0 spiro atoms. The largest absolute Gasteiger partial charge is 0.465 e. The number of carbonyl (C=O) groups excluding carboxylic acids is 3. The Morgan fingerprint density at radius 1 is 1.26 bits per heavy atom. The van der Waals surface area contributed by atoms with Crippen LogP contribution in [0, 0.1) is 12.8 Å². The van der Waals surface area contributed by atoms with Crippen molar-refractivity contribution in [2.24, 2.45) is 5.92 Å². The van der Waals surface area contributed by atoms with Gasteiger partial charge in [0.15, 0.2) is 18.2 Å². The van der Waals surface area contributed by atoms with Gasteiger partial charge in [-0.25, -0.2) is 19.7 Å². The fourth-order valence-corrected chi connectivity index (χ4v) is 4.94. The Morgan fingerprint density at radius 3 is 2.92 bits per heavy atom. The molecule has 0 saturated carbocycles. The average molecular weight is 525 g/mol. The van der Waals surface area contributed by atoms with E-state index in [1.54, 1.807) is 0 Å². The number of nitrogens with zero attached hydrogens (tertiary/aromatic N) is 5. The maximum Gasteiger partial charge on any atom is 0.415 e. The SMILES string of the molecule is Cc1cc(NC(=O)CN(C)C)nc2c1CC(CNCCC1CN(c3cnc4c(n3)NC(=O)CO4)C(=O)O1)C2. The topological polar surface area (TPSA) is 151 Å². The van der Waals surface area contributed by atoms with Crippen molar-refractivity contribution in [3.63, 3.8) is 0 Å². The molecule has 1 aliphatic carbocycles. The van der Waals surface area contributed by atoms with Gasteiger partial charge >= 0.3 is 6.09 Å². The molecule has 2 atom stereocenters. The van der Waals surface area contributed by atoms with Gasteiger partial charge in [0.1, 0.15) is 11.9 Å². The summed E-state index contributed by atoms with van der Waals surface area (Å²) in [4.78, 5) is 52.4. The summed E-state index contributed by atoms with van der Waals surface area (Å²) < 4.78 is 10.7. The van der Waals surface area contributed by atoms with Crippen molar-refractivity contribution in [1.82, 2.24) is 25.2 Å². The van der Waals surface area contributed by atoms with Crippen LogP contribution in [0.1, 0.15) is 23.2 Å². The third kappa shape index (κ3) is 5.83. The van der Waals surface area contributed by atoms with Crippen molar-refractivity contribution in [3.8, 4) is 5.88 Å². The Morgan fingerprint density at radius 2 is 2.11 bits per heavy atom. The van der Waals surface area contributed by atoms with Gasteiger partial charge in [-0.1, -0.05) is 0 Å². The van der Waals surface area contributed by atoms with Gasteiger partial charge in [0.05, 0.1) is 19.3 Å². The Kier molecular flexibility index (Phi) is 7.38. The van der Waals surface area contributed by atoms with E-state index in [9.17, 15) is 14.4 Å². The van der Waals surface area contributed by atoms with Crippen LogP contribution in [0.25, 0.3) is 0 Å². The molecular formula is C25H32N8O5. The predicted octanol–water partition coefficient (Wildman–Crippen LogP) is 0.731. The maximum absolute atomic E-state index is 12.4. The summed E-state index contributed by atoms with van der Waals surface area (Å²) in [6.45, 7) is 4.12. The zero-order chi connectivity index (χ0) is 26.8. The quantitative estimate of drug-likeness (QED) is 0.401. The summed E-state index contributed by atoms with van der Waals surface area (Å²) in [5, 5.41) is 8.97. The van der Waals surface area contributed by atoms with Gasteiger partial charge in [0.25, 0.3) is 11.8 Å². The zero-order valence-corrected chi connectivity index (χ0v) is 21.7. The van der Waals surface area contributed by atoms with Crippen molar-refractivity contribution in [2.45, 2.75) is 32.3 Å². The lowest BCUT2D eigenvalue weighted by Crippen LogP contribution is -2.30. The van der Waals surface area contributed by atoms with Gasteiger partial charge in [-0.3, -0.25) is 14.5 Å². The van der Waals surface area contributed by atoms with Crippen LogP contribution in [0.15, 0.2) is 12.3 Å². The molecule has 38 heavy (non-hydrogen) atoms. The highest BCUT2D eigenvalue weighted by Crippen LogP contribution is 2.30. The first kappa shape index (κ1) is 25.8. The second kappa shape index (κ2) is 10.9. The molecule has 3 amide bonds. The summed E-state index contributed by atoms with van der Waals surface area (Å²) in [6.07, 6.45) is 3.11. The first-order valence-corrected chi connectivity index (χ1v) is 12.7. The standard InChI is InChI=1S/C25H32N8O5/c1-14-6-19(29-21(34)12-32(2)3)28-18-8-15(7-17(14)18)9-26-5-4-16-11-33(25(36)38-16)20-10-27-24-23(30-20)31-22(35)13-37-24/h6,10,15-16,26H,4-5,7-9,11-13H2,1-3H3,(H,28,29,34)(H,30,31,35). The first-order chi connectivity index (χ1) is 18.2. The molecule has 202 valence electrons. The van der Waals surface area contributed by atoms with E-state index < -0.39 is 6.09 Å². The first-order valence-electron chi connectivity index (χ1n) is 12.7. The summed E-state index contributed by atoms with van der Waals surface area (Å²) in [5.74, 6) is 1.35. The van der Waals surface area contributed by atoms with Gasteiger partial charge in [-0.2, -0.15) is 0 Å². The predicted molar refractivity (Wildman–Crippen MR) is 138 cm³/mol. The highest BCUT2D eigenvalue weighted by Gasteiger charge is 2.34. The number of ether oxygens (including phenoxy) is 2. The third-order valence-corrected chi connectivity index (χ3v) is 6.69. The van der Waals surface area contributed by atoms with Crippen LogP contribution in [0.4, 0.5) is 22.2 Å². The highest BCUT2D eigenvalue weighted by atomic mass is 16.6. The Labute approximate surface area is 220 Å². The number of rotatable bonds is 9. The van der Waals surface area contributed by atoms with Gasteiger partial charge < -0.3 is 30.3 Å². The lowest BCUT2D eigenvalue weighted by molar-refractivity contribution is -0.119.